The lowest BCUT2D eigenvalue weighted by atomic mass is 10.1. The van der Waals surface area contributed by atoms with Gasteiger partial charge in [0.25, 0.3) is 5.91 Å². The van der Waals surface area contributed by atoms with Crippen molar-refractivity contribution in [3.05, 3.63) is 27.8 Å². The molecule has 1 aromatic rings. The predicted octanol–water partition coefficient (Wildman–Crippen LogP) is 0.426. The lowest BCUT2D eigenvalue weighted by molar-refractivity contribution is -0.385. The van der Waals surface area contributed by atoms with Crippen molar-refractivity contribution in [3.63, 3.8) is 0 Å². The average Bonchev–Trinajstić information content (AvgIpc) is 2.42. The van der Waals surface area contributed by atoms with E-state index in [9.17, 15) is 19.7 Å². The zero-order chi connectivity index (χ0) is 15.3. The number of carboxylic acid groups (broad SMARTS) is 1. The molecular formula is C11H12N2O7. The van der Waals surface area contributed by atoms with Gasteiger partial charge < -0.3 is 19.9 Å². The molecule has 0 aliphatic rings. The number of nitrogens with one attached hydrogen (secondary N) is 1. The van der Waals surface area contributed by atoms with Gasteiger partial charge in [0, 0.05) is 6.07 Å². The number of benzene rings is 1. The van der Waals surface area contributed by atoms with Gasteiger partial charge in [0.1, 0.15) is 6.54 Å². The van der Waals surface area contributed by atoms with Gasteiger partial charge in [-0.2, -0.15) is 0 Å². The van der Waals surface area contributed by atoms with Crippen LogP contribution in [0.2, 0.25) is 0 Å². The molecule has 0 atom stereocenters. The first-order valence-electron chi connectivity index (χ1n) is 5.31. The fourth-order valence-corrected chi connectivity index (χ4v) is 1.47. The second-order valence-electron chi connectivity index (χ2n) is 3.56. The van der Waals surface area contributed by atoms with Crippen LogP contribution in [-0.2, 0) is 4.79 Å². The van der Waals surface area contributed by atoms with Crippen LogP contribution in [0.4, 0.5) is 5.69 Å². The number of nitro benzene ring substituents is 1. The quantitative estimate of drug-likeness (QED) is 0.572. The van der Waals surface area contributed by atoms with Gasteiger partial charge in [-0.15, -0.1) is 0 Å². The first kappa shape index (κ1) is 15.2. The number of nitrogens with zero attached hydrogens (tertiary/aromatic N) is 1. The molecule has 20 heavy (non-hydrogen) atoms. The Bertz CT molecular complexity index is 556. The third-order valence-corrected chi connectivity index (χ3v) is 2.32. The second-order valence-corrected chi connectivity index (χ2v) is 3.56. The topological polar surface area (TPSA) is 128 Å². The predicted molar refractivity (Wildman–Crippen MR) is 66.2 cm³/mol. The molecule has 0 fully saturated rings. The van der Waals surface area contributed by atoms with Crippen molar-refractivity contribution in [2.75, 3.05) is 20.8 Å². The smallest absolute Gasteiger partial charge is 0.322 e. The van der Waals surface area contributed by atoms with E-state index >= 15 is 0 Å². The zero-order valence-electron chi connectivity index (χ0n) is 10.7. The lowest BCUT2D eigenvalue weighted by Crippen LogP contribution is -2.29. The highest BCUT2D eigenvalue weighted by Crippen LogP contribution is 2.37. The van der Waals surface area contributed by atoms with E-state index in [4.69, 9.17) is 14.6 Å². The summed E-state index contributed by atoms with van der Waals surface area (Å²) in [6.07, 6.45) is 0. The fraction of sp³-hybridized carbons (Fsp3) is 0.273. The third kappa shape index (κ3) is 3.34. The first-order valence-corrected chi connectivity index (χ1v) is 5.31. The number of ether oxygens (including phenoxy) is 2. The van der Waals surface area contributed by atoms with Crippen molar-refractivity contribution < 1.29 is 29.1 Å². The summed E-state index contributed by atoms with van der Waals surface area (Å²) in [5, 5.41) is 21.5. The van der Waals surface area contributed by atoms with E-state index in [1.807, 2.05) is 0 Å². The fourth-order valence-electron chi connectivity index (χ4n) is 1.47. The summed E-state index contributed by atoms with van der Waals surface area (Å²) in [6, 6.07) is 2.21. The van der Waals surface area contributed by atoms with Crippen LogP contribution in [0.3, 0.4) is 0 Å². The van der Waals surface area contributed by atoms with Crippen LogP contribution < -0.4 is 14.8 Å². The molecule has 1 amide bonds. The van der Waals surface area contributed by atoms with Crippen LogP contribution in [0.5, 0.6) is 11.5 Å². The number of hydrogen-bond donors (Lipinski definition) is 2. The maximum absolute atomic E-state index is 11.7. The minimum atomic E-state index is -1.23. The molecule has 2 N–H and O–H groups in total. The van der Waals surface area contributed by atoms with Gasteiger partial charge in [-0.1, -0.05) is 0 Å². The molecule has 0 aromatic heterocycles. The molecule has 1 rings (SSSR count). The highest BCUT2D eigenvalue weighted by molar-refractivity contribution is 5.97. The van der Waals surface area contributed by atoms with Crippen molar-refractivity contribution in [3.8, 4) is 11.5 Å². The molecule has 0 aliphatic heterocycles. The summed E-state index contributed by atoms with van der Waals surface area (Å²) < 4.78 is 9.79. The Morgan fingerprint density at radius 1 is 1.35 bits per heavy atom. The minimum absolute atomic E-state index is 0.00201. The first-order chi connectivity index (χ1) is 9.40. The Labute approximate surface area is 113 Å². The third-order valence-electron chi connectivity index (χ3n) is 2.32. The van der Waals surface area contributed by atoms with E-state index in [-0.39, 0.29) is 17.1 Å². The molecule has 9 nitrogen and oxygen atoms in total. The van der Waals surface area contributed by atoms with Crippen LogP contribution in [0, 0.1) is 10.1 Å². The monoisotopic (exact) mass is 284 g/mol. The van der Waals surface area contributed by atoms with Crippen molar-refractivity contribution in [1.29, 1.82) is 0 Å². The van der Waals surface area contributed by atoms with E-state index in [2.05, 4.69) is 5.32 Å². The molecule has 0 heterocycles. The Morgan fingerprint density at radius 2 is 2.00 bits per heavy atom. The molecule has 0 radical (unpaired) electrons. The summed E-state index contributed by atoms with van der Waals surface area (Å²) in [6.45, 7) is -0.596. The number of amides is 1. The molecular weight excluding hydrogens is 272 g/mol. The number of hydrogen-bond acceptors (Lipinski definition) is 6. The summed E-state index contributed by atoms with van der Waals surface area (Å²) >= 11 is 0. The Balaban J connectivity index is 3.21. The summed E-state index contributed by atoms with van der Waals surface area (Å²) in [5.41, 5.74) is -0.553. The van der Waals surface area contributed by atoms with Crippen molar-refractivity contribution in [2.24, 2.45) is 0 Å². The van der Waals surface area contributed by atoms with E-state index in [0.29, 0.717) is 0 Å². The summed E-state index contributed by atoms with van der Waals surface area (Å²) in [5.74, 6) is -2.11. The summed E-state index contributed by atoms with van der Waals surface area (Å²) in [7, 11) is 2.50. The highest BCUT2D eigenvalue weighted by atomic mass is 16.6. The normalized spacial score (nSPS) is 9.70. The standard InChI is InChI=1S/C11H12N2O7/c1-19-8-4-6(11(16)12-5-9(14)15)3-7(13(17)18)10(8)20-2/h3-4H,5H2,1-2H3,(H,12,16)(H,14,15). The molecule has 1 aromatic carbocycles. The number of rotatable bonds is 6. The zero-order valence-corrected chi connectivity index (χ0v) is 10.7. The van der Waals surface area contributed by atoms with Crippen LogP contribution >= 0.6 is 0 Å². The number of carbonyl (C=O) groups is 2. The molecule has 0 unspecified atom stereocenters. The summed E-state index contributed by atoms with van der Waals surface area (Å²) in [4.78, 5) is 32.3. The number of nitro groups is 1. The van der Waals surface area contributed by atoms with Crippen LogP contribution in [0.1, 0.15) is 10.4 Å². The molecule has 0 aliphatic carbocycles. The maximum Gasteiger partial charge on any atom is 0.322 e. The largest absolute Gasteiger partial charge is 0.493 e. The Kier molecular flexibility index (Phi) is 4.84. The van der Waals surface area contributed by atoms with Gasteiger partial charge in [-0.3, -0.25) is 19.7 Å². The highest BCUT2D eigenvalue weighted by Gasteiger charge is 2.23. The van der Waals surface area contributed by atoms with E-state index in [1.165, 1.54) is 20.3 Å². The molecule has 0 spiro atoms. The molecule has 0 saturated carbocycles. The maximum atomic E-state index is 11.7. The number of carbonyl (C=O) groups excluding carboxylic acids is 1. The van der Waals surface area contributed by atoms with Gasteiger partial charge in [0.05, 0.1) is 24.7 Å². The Hall–Kier alpha value is -2.84. The van der Waals surface area contributed by atoms with Crippen LogP contribution in [0.15, 0.2) is 12.1 Å². The van der Waals surface area contributed by atoms with Gasteiger partial charge in [-0.25, -0.2) is 0 Å². The van der Waals surface area contributed by atoms with E-state index < -0.39 is 29.0 Å². The molecule has 108 valence electrons. The van der Waals surface area contributed by atoms with Crippen molar-refractivity contribution in [2.45, 2.75) is 0 Å². The van der Waals surface area contributed by atoms with Crippen LogP contribution in [0.25, 0.3) is 0 Å². The van der Waals surface area contributed by atoms with Crippen molar-refractivity contribution in [1.82, 2.24) is 5.32 Å². The second kappa shape index (κ2) is 6.36. The SMILES string of the molecule is COc1cc(C(=O)NCC(=O)O)cc([N+](=O)[O-])c1OC. The van der Waals surface area contributed by atoms with E-state index in [0.717, 1.165) is 6.07 Å². The van der Waals surface area contributed by atoms with Gasteiger partial charge in [0.2, 0.25) is 5.75 Å². The molecule has 9 heteroatoms. The number of carboxylic acids is 1. The van der Waals surface area contributed by atoms with E-state index in [1.54, 1.807) is 0 Å². The van der Waals surface area contributed by atoms with Gasteiger partial charge >= 0.3 is 11.7 Å². The van der Waals surface area contributed by atoms with Crippen LogP contribution in [-0.4, -0.2) is 42.7 Å². The lowest BCUT2D eigenvalue weighted by Gasteiger charge is -2.10. The van der Waals surface area contributed by atoms with Gasteiger partial charge in [-0.05, 0) is 6.07 Å². The van der Waals surface area contributed by atoms with Gasteiger partial charge in [0.15, 0.2) is 5.75 Å². The number of aliphatic carboxylic acids is 1. The molecule has 0 saturated heterocycles. The Morgan fingerprint density at radius 3 is 2.45 bits per heavy atom. The number of methoxy groups -OCH3 is 2. The molecule has 0 bridgehead atoms. The minimum Gasteiger partial charge on any atom is -0.493 e. The van der Waals surface area contributed by atoms with Crippen molar-refractivity contribution >= 4 is 17.6 Å². The average molecular weight is 284 g/mol.